The first-order valence-corrected chi connectivity index (χ1v) is 10.2. The van der Waals surface area contributed by atoms with Gasteiger partial charge in [0.25, 0.3) is 0 Å². The van der Waals surface area contributed by atoms with Crippen molar-refractivity contribution in [2.45, 2.75) is 37.8 Å². The molecule has 0 aromatic carbocycles. The number of carbonyl (C=O) groups excluding carboxylic acids is 1. The fourth-order valence-electron chi connectivity index (χ4n) is 4.07. The number of halogens is 2. The molecule has 32 heavy (non-hydrogen) atoms. The van der Waals surface area contributed by atoms with E-state index in [-0.39, 0.29) is 17.6 Å². The van der Waals surface area contributed by atoms with E-state index in [0.29, 0.717) is 35.8 Å². The van der Waals surface area contributed by atoms with Crippen molar-refractivity contribution in [3.63, 3.8) is 0 Å². The number of hydrogen-bond donors (Lipinski definition) is 1. The van der Waals surface area contributed by atoms with E-state index in [2.05, 4.69) is 30.0 Å². The molecule has 10 nitrogen and oxygen atoms in total. The van der Waals surface area contributed by atoms with E-state index in [0.717, 1.165) is 18.5 Å². The van der Waals surface area contributed by atoms with Crippen LogP contribution in [-0.2, 0) is 6.42 Å². The number of aromatic amines is 1. The van der Waals surface area contributed by atoms with Crippen molar-refractivity contribution in [3.05, 3.63) is 59.6 Å². The summed E-state index contributed by atoms with van der Waals surface area (Å²) in [7, 11) is 0. The smallest absolute Gasteiger partial charge is 0.387 e. The van der Waals surface area contributed by atoms with Gasteiger partial charge in [-0.1, -0.05) is 0 Å². The first-order chi connectivity index (χ1) is 15.6. The number of rotatable bonds is 5. The molecule has 164 valence electrons. The van der Waals surface area contributed by atoms with Crippen LogP contribution in [0.15, 0.2) is 35.1 Å². The molecule has 1 saturated carbocycles. The summed E-state index contributed by atoms with van der Waals surface area (Å²) in [6, 6.07) is 3.96. The lowest BCUT2D eigenvalue weighted by Crippen LogP contribution is -2.41. The van der Waals surface area contributed by atoms with Crippen molar-refractivity contribution in [1.29, 1.82) is 0 Å². The molecule has 0 saturated heterocycles. The van der Waals surface area contributed by atoms with Gasteiger partial charge in [0.2, 0.25) is 5.89 Å². The van der Waals surface area contributed by atoms with Crippen LogP contribution in [0.25, 0.3) is 5.52 Å². The zero-order valence-electron chi connectivity index (χ0n) is 16.6. The average Bonchev–Trinajstić information content (AvgIpc) is 3.19. The number of hydrogen-bond acceptors (Lipinski definition) is 7. The third kappa shape index (κ3) is 3.10. The SMILES string of the molecule is O=C(c1nnc(C2CC2)o1)N1CCc2[nH]cnc2[C@H]1c1cc2c(OC(F)F)cccn2n1. The fourth-order valence-corrected chi connectivity index (χ4v) is 4.07. The Morgan fingerprint density at radius 1 is 1.31 bits per heavy atom. The molecule has 0 radical (unpaired) electrons. The topological polar surface area (TPSA) is 114 Å². The monoisotopic (exact) mass is 441 g/mol. The summed E-state index contributed by atoms with van der Waals surface area (Å²) in [5.74, 6) is 0.184. The van der Waals surface area contributed by atoms with Crippen LogP contribution in [0.2, 0.25) is 0 Å². The highest BCUT2D eigenvalue weighted by Crippen LogP contribution is 2.40. The van der Waals surface area contributed by atoms with E-state index in [1.165, 1.54) is 10.6 Å². The van der Waals surface area contributed by atoms with E-state index < -0.39 is 18.6 Å². The van der Waals surface area contributed by atoms with Crippen LogP contribution in [0.4, 0.5) is 8.78 Å². The van der Waals surface area contributed by atoms with Crippen molar-refractivity contribution in [1.82, 2.24) is 34.7 Å². The first kappa shape index (κ1) is 18.9. The number of nitrogens with zero attached hydrogens (tertiary/aromatic N) is 6. The molecular weight excluding hydrogens is 424 g/mol. The molecule has 1 amide bonds. The summed E-state index contributed by atoms with van der Waals surface area (Å²) in [6.07, 6.45) is 5.70. The summed E-state index contributed by atoms with van der Waals surface area (Å²) in [5.41, 5.74) is 2.32. The maximum Gasteiger partial charge on any atom is 0.387 e. The molecule has 1 N–H and O–H groups in total. The van der Waals surface area contributed by atoms with Crippen molar-refractivity contribution in [2.24, 2.45) is 0 Å². The summed E-state index contributed by atoms with van der Waals surface area (Å²) >= 11 is 0. The average molecular weight is 441 g/mol. The van der Waals surface area contributed by atoms with Crippen LogP contribution >= 0.6 is 0 Å². The molecule has 6 rings (SSSR count). The molecular formula is C20H17F2N7O3. The maximum absolute atomic E-state index is 13.3. The zero-order chi connectivity index (χ0) is 21.8. The van der Waals surface area contributed by atoms with Gasteiger partial charge >= 0.3 is 18.4 Å². The number of nitrogens with one attached hydrogen (secondary N) is 1. The van der Waals surface area contributed by atoms with Gasteiger partial charge in [0, 0.05) is 30.8 Å². The Morgan fingerprint density at radius 3 is 3.00 bits per heavy atom. The molecule has 4 aromatic heterocycles. The molecule has 1 aliphatic carbocycles. The highest BCUT2D eigenvalue weighted by Gasteiger charge is 2.39. The van der Waals surface area contributed by atoms with Gasteiger partial charge in [-0.25, -0.2) is 9.50 Å². The van der Waals surface area contributed by atoms with Gasteiger partial charge in [-0.2, -0.15) is 13.9 Å². The van der Waals surface area contributed by atoms with Crippen LogP contribution in [-0.4, -0.2) is 53.7 Å². The summed E-state index contributed by atoms with van der Waals surface area (Å²) in [5, 5.41) is 12.5. The molecule has 1 aliphatic heterocycles. The zero-order valence-corrected chi connectivity index (χ0v) is 16.6. The van der Waals surface area contributed by atoms with E-state index in [9.17, 15) is 13.6 Å². The van der Waals surface area contributed by atoms with Gasteiger partial charge < -0.3 is 19.0 Å². The lowest BCUT2D eigenvalue weighted by molar-refractivity contribution is -0.0490. The Bertz CT molecular complexity index is 1310. The number of fused-ring (bicyclic) bond motifs is 2. The number of aromatic nitrogens is 6. The number of ether oxygens (including phenoxy) is 1. The van der Waals surface area contributed by atoms with Crippen molar-refractivity contribution in [3.8, 4) is 5.75 Å². The van der Waals surface area contributed by atoms with Gasteiger partial charge in [-0.05, 0) is 31.0 Å². The van der Waals surface area contributed by atoms with E-state index in [1.54, 1.807) is 29.6 Å². The third-order valence-corrected chi connectivity index (χ3v) is 5.71. The second-order valence-corrected chi connectivity index (χ2v) is 7.79. The normalized spacial score (nSPS) is 18.3. The van der Waals surface area contributed by atoms with Crippen LogP contribution < -0.4 is 4.74 Å². The molecule has 1 atom stereocenters. The van der Waals surface area contributed by atoms with Crippen molar-refractivity contribution in [2.75, 3.05) is 6.54 Å². The molecule has 0 bridgehead atoms. The van der Waals surface area contributed by atoms with Crippen LogP contribution in [0.5, 0.6) is 5.75 Å². The number of imidazole rings is 1. The van der Waals surface area contributed by atoms with Crippen LogP contribution in [0, 0.1) is 0 Å². The van der Waals surface area contributed by atoms with Gasteiger partial charge in [0.15, 0.2) is 5.75 Å². The Balaban J connectivity index is 1.42. The van der Waals surface area contributed by atoms with Gasteiger partial charge in [0.05, 0.1) is 17.7 Å². The number of alkyl halides is 2. The molecule has 0 spiro atoms. The Morgan fingerprint density at radius 2 is 2.19 bits per heavy atom. The second-order valence-electron chi connectivity index (χ2n) is 7.79. The molecule has 0 unspecified atom stereocenters. The maximum atomic E-state index is 13.3. The number of pyridine rings is 1. The van der Waals surface area contributed by atoms with Gasteiger partial charge in [0.1, 0.15) is 11.6 Å². The predicted molar refractivity (Wildman–Crippen MR) is 103 cm³/mol. The lowest BCUT2D eigenvalue weighted by atomic mass is 9.99. The molecule has 1 fully saturated rings. The van der Waals surface area contributed by atoms with Crippen molar-refractivity contribution < 1.29 is 22.7 Å². The summed E-state index contributed by atoms with van der Waals surface area (Å²) < 4.78 is 37.4. The Labute approximate surface area is 179 Å². The Hall–Kier alpha value is -3.83. The summed E-state index contributed by atoms with van der Waals surface area (Å²) in [6.45, 7) is -2.60. The fraction of sp³-hybridized carbons (Fsp3) is 0.350. The Kier molecular flexibility index (Phi) is 4.20. The summed E-state index contributed by atoms with van der Waals surface area (Å²) in [4.78, 5) is 22.4. The highest BCUT2D eigenvalue weighted by atomic mass is 19.3. The molecule has 5 heterocycles. The van der Waals surface area contributed by atoms with Gasteiger partial charge in [-0.3, -0.25) is 4.79 Å². The number of carbonyl (C=O) groups is 1. The molecule has 4 aromatic rings. The quantitative estimate of drug-likeness (QED) is 0.506. The van der Waals surface area contributed by atoms with Crippen LogP contribution in [0.1, 0.15) is 58.5 Å². The van der Waals surface area contributed by atoms with Crippen molar-refractivity contribution >= 4 is 11.4 Å². The van der Waals surface area contributed by atoms with E-state index >= 15 is 0 Å². The molecule has 12 heteroatoms. The van der Waals surface area contributed by atoms with E-state index in [1.807, 2.05) is 0 Å². The third-order valence-electron chi connectivity index (χ3n) is 5.71. The van der Waals surface area contributed by atoms with Crippen LogP contribution in [0.3, 0.4) is 0 Å². The van der Waals surface area contributed by atoms with E-state index in [4.69, 9.17) is 4.42 Å². The standard InChI is InChI=1S/C20H17F2N7O3/c21-20(22)31-14-2-1-6-29-13(14)8-12(27-29)16-15-11(23-9-24-15)5-7-28(16)19(30)18-26-25-17(32-18)10-3-4-10/h1-2,6,8-10,16,20H,3-5,7H2,(H,23,24)/t16-/m1/s1. The predicted octanol–water partition coefficient (Wildman–Crippen LogP) is 2.71. The molecule has 2 aliphatic rings. The lowest BCUT2D eigenvalue weighted by Gasteiger charge is -2.32. The minimum Gasteiger partial charge on any atom is -0.433 e. The minimum absolute atomic E-state index is 0.0110. The van der Waals surface area contributed by atoms with Gasteiger partial charge in [-0.15, -0.1) is 10.2 Å². The first-order valence-electron chi connectivity index (χ1n) is 10.2. The number of amides is 1. The minimum atomic E-state index is -2.97. The second kappa shape index (κ2) is 7.11. The largest absolute Gasteiger partial charge is 0.433 e. The highest BCUT2D eigenvalue weighted by molar-refractivity contribution is 5.90. The number of H-pyrrole nitrogens is 1.